The Labute approximate surface area is 211 Å². The zero-order chi connectivity index (χ0) is 26.3. The predicted octanol–water partition coefficient (Wildman–Crippen LogP) is 3.44. The zero-order valence-corrected chi connectivity index (χ0v) is 21.1. The van der Waals surface area contributed by atoms with Gasteiger partial charge in [-0.3, -0.25) is 9.59 Å². The number of carbonyl (C=O) groups is 4. The average molecular weight is 496 g/mol. The summed E-state index contributed by atoms with van der Waals surface area (Å²) in [6.07, 6.45) is 1.26. The van der Waals surface area contributed by atoms with Crippen molar-refractivity contribution in [3.8, 4) is 0 Å². The molecule has 1 saturated heterocycles. The number of likely N-dealkylation sites (tertiary alicyclic amines) is 1. The number of rotatable bonds is 11. The second kappa shape index (κ2) is 11.6. The van der Waals surface area contributed by atoms with Crippen molar-refractivity contribution in [3.63, 3.8) is 0 Å². The van der Waals surface area contributed by atoms with Crippen molar-refractivity contribution in [2.45, 2.75) is 65.1 Å². The van der Waals surface area contributed by atoms with Gasteiger partial charge >= 0.3 is 17.8 Å². The summed E-state index contributed by atoms with van der Waals surface area (Å²) in [5, 5.41) is 10.0. The molecule has 1 unspecified atom stereocenters. The smallest absolute Gasteiger partial charge is 0.402 e. The van der Waals surface area contributed by atoms with Crippen molar-refractivity contribution in [2.24, 2.45) is 5.41 Å². The fraction of sp³-hybridized carbons (Fsp3) is 0.429. The molecule has 1 heterocycles. The Bertz CT molecular complexity index is 1090. The molecule has 3 atom stereocenters. The monoisotopic (exact) mass is 495 g/mol. The van der Waals surface area contributed by atoms with E-state index in [4.69, 9.17) is 4.74 Å². The van der Waals surface area contributed by atoms with Gasteiger partial charge in [0.2, 0.25) is 6.04 Å². The van der Waals surface area contributed by atoms with Crippen LogP contribution in [0.25, 0.3) is 0 Å². The summed E-state index contributed by atoms with van der Waals surface area (Å²) in [7, 11) is 0. The molecule has 192 valence electrons. The number of carboxylic acid groups (broad SMARTS) is 1. The van der Waals surface area contributed by atoms with Crippen LogP contribution in [0, 0.1) is 5.41 Å². The van der Waals surface area contributed by atoms with Crippen LogP contribution in [0.3, 0.4) is 0 Å². The van der Waals surface area contributed by atoms with Crippen LogP contribution >= 0.6 is 0 Å². The third-order valence-electron chi connectivity index (χ3n) is 7.04. The number of nitrogens with zero attached hydrogens (tertiary/aromatic N) is 1. The molecular weight excluding hydrogens is 460 g/mol. The maximum atomic E-state index is 13.8. The Hall–Kier alpha value is -3.36. The molecule has 1 fully saturated rings. The molecule has 2 aromatic rings. The largest absolute Gasteiger partial charge is 0.480 e. The fourth-order valence-corrected chi connectivity index (χ4v) is 4.44. The summed E-state index contributed by atoms with van der Waals surface area (Å²) >= 11 is 0. The van der Waals surface area contributed by atoms with Crippen molar-refractivity contribution in [3.05, 3.63) is 71.8 Å². The van der Waals surface area contributed by atoms with E-state index < -0.39 is 45.7 Å². The van der Waals surface area contributed by atoms with Crippen LogP contribution in [0.5, 0.6) is 0 Å². The predicted molar refractivity (Wildman–Crippen MR) is 133 cm³/mol. The topological polar surface area (TPSA) is 110 Å². The minimum atomic E-state index is -1.20. The summed E-state index contributed by atoms with van der Waals surface area (Å²) < 4.78 is 4.81. The summed E-state index contributed by atoms with van der Waals surface area (Å²) in [6, 6.07) is 16.0. The second-order valence-corrected chi connectivity index (χ2v) is 9.93. The average Bonchev–Trinajstić information content (AvgIpc) is 3.31. The van der Waals surface area contributed by atoms with Gasteiger partial charge in [-0.15, -0.1) is 5.43 Å². The van der Waals surface area contributed by atoms with E-state index in [1.165, 1.54) is 0 Å². The van der Waals surface area contributed by atoms with E-state index in [0.717, 1.165) is 11.1 Å². The molecule has 1 aliphatic rings. The van der Waals surface area contributed by atoms with Crippen LogP contribution in [-0.4, -0.2) is 52.0 Å². The minimum Gasteiger partial charge on any atom is -0.480 e. The first kappa shape index (κ1) is 27.2. The number of ketones is 1. The van der Waals surface area contributed by atoms with Gasteiger partial charge in [0.05, 0.1) is 0 Å². The number of aliphatic carboxylic acids is 1. The van der Waals surface area contributed by atoms with Crippen LogP contribution in [0.4, 0.5) is 0 Å². The number of ether oxygens (including phenoxy) is 1. The number of hydrogen-bond acceptors (Lipinski definition) is 6. The molecule has 1 amide bonds. The van der Waals surface area contributed by atoms with Crippen molar-refractivity contribution < 1.29 is 33.6 Å². The van der Waals surface area contributed by atoms with Gasteiger partial charge in [0.25, 0.3) is 5.78 Å². The summed E-state index contributed by atoms with van der Waals surface area (Å²) in [5.41, 5.74) is 3.54. The van der Waals surface area contributed by atoms with Crippen molar-refractivity contribution in [2.75, 3.05) is 6.54 Å². The van der Waals surface area contributed by atoms with E-state index in [0.29, 0.717) is 19.3 Å². The lowest BCUT2D eigenvalue weighted by Crippen LogP contribution is -2.72. The highest BCUT2D eigenvalue weighted by Gasteiger charge is 2.58. The van der Waals surface area contributed by atoms with Crippen LogP contribution in [0.2, 0.25) is 0 Å². The first-order valence-corrected chi connectivity index (χ1v) is 12.3. The Kier molecular flexibility index (Phi) is 8.76. The highest BCUT2D eigenvalue weighted by Crippen LogP contribution is 2.32. The molecule has 1 aliphatic heterocycles. The maximum absolute atomic E-state index is 13.8. The molecule has 0 aliphatic carbocycles. The molecule has 36 heavy (non-hydrogen) atoms. The molecule has 3 rings (SSSR count). The molecule has 2 N–H and O–H groups in total. The number of hydrogen-bond donors (Lipinski definition) is 2. The summed E-state index contributed by atoms with van der Waals surface area (Å²) in [4.78, 5) is 52.8. The maximum Gasteiger partial charge on any atom is 0.402 e. The van der Waals surface area contributed by atoms with Crippen molar-refractivity contribution in [1.82, 2.24) is 5.43 Å². The van der Waals surface area contributed by atoms with Gasteiger partial charge in [0.15, 0.2) is 6.04 Å². The molecule has 0 saturated carbocycles. The Morgan fingerprint density at radius 1 is 1.03 bits per heavy atom. The Morgan fingerprint density at radius 2 is 1.61 bits per heavy atom. The first-order valence-electron chi connectivity index (χ1n) is 12.3. The van der Waals surface area contributed by atoms with E-state index in [-0.39, 0.29) is 19.6 Å². The van der Waals surface area contributed by atoms with Gasteiger partial charge in [-0.25, -0.2) is 9.59 Å². The number of esters is 1. The minimum absolute atomic E-state index is 0.0190. The third kappa shape index (κ3) is 6.06. The molecule has 0 radical (unpaired) electrons. The third-order valence-corrected chi connectivity index (χ3v) is 7.04. The number of carboxylic acids is 1. The lowest BCUT2D eigenvalue weighted by Gasteiger charge is -2.38. The van der Waals surface area contributed by atoms with Crippen molar-refractivity contribution >= 4 is 23.6 Å². The molecular formula is C28H35N2O6+. The standard InChI is InChI=1S/C28H34N2O6/c1-4-28(2,3)24(31)25(32)30(29-22(26(33)34)18-20-12-7-5-8-13-20)17-11-16-23(30)27(35)36-19-21-14-9-6-10-15-21/h5-10,12-15,22-23,29H,4,11,16-19H2,1-3H3/p+1/t22-,23-,30?/m0/s1. The summed E-state index contributed by atoms with van der Waals surface area (Å²) in [6.45, 7) is 5.32. The van der Waals surface area contributed by atoms with Crippen LogP contribution in [-0.2, 0) is 36.9 Å². The first-order chi connectivity index (χ1) is 17.1. The quantitative estimate of drug-likeness (QED) is 0.279. The molecule has 8 nitrogen and oxygen atoms in total. The van der Waals surface area contributed by atoms with Gasteiger partial charge in [0, 0.05) is 24.7 Å². The van der Waals surface area contributed by atoms with Crippen LogP contribution < -0.4 is 5.43 Å². The van der Waals surface area contributed by atoms with Gasteiger partial charge in [-0.05, 0) is 17.5 Å². The van der Waals surface area contributed by atoms with Crippen molar-refractivity contribution in [1.29, 1.82) is 0 Å². The number of benzene rings is 2. The molecule has 8 heteroatoms. The van der Waals surface area contributed by atoms with Gasteiger partial charge in [-0.1, -0.05) is 81.4 Å². The lowest BCUT2D eigenvalue weighted by atomic mass is 9.84. The van der Waals surface area contributed by atoms with Gasteiger partial charge in [0.1, 0.15) is 13.2 Å². The number of Topliss-reactive ketones (excluding diaryl/α,β-unsaturated/α-hetero) is 1. The summed E-state index contributed by atoms with van der Waals surface area (Å²) in [5.74, 6) is -3.25. The van der Waals surface area contributed by atoms with E-state index in [1.54, 1.807) is 38.1 Å². The Morgan fingerprint density at radius 3 is 2.17 bits per heavy atom. The SMILES string of the molecule is CCC(C)(C)C(=O)C(=O)[N+]1(N[C@@H](Cc2ccccc2)C(=O)O)CCC[C@H]1C(=O)OCc1ccccc1. The van der Waals surface area contributed by atoms with Gasteiger partial charge in [-0.2, -0.15) is 4.59 Å². The lowest BCUT2D eigenvalue weighted by molar-refractivity contribution is -0.901. The zero-order valence-electron chi connectivity index (χ0n) is 21.1. The van der Waals surface area contributed by atoms with E-state index in [9.17, 15) is 24.3 Å². The van der Waals surface area contributed by atoms with Crippen LogP contribution in [0.1, 0.15) is 51.2 Å². The number of nitrogens with one attached hydrogen (secondary N) is 1. The number of quaternary nitrogens is 1. The molecule has 0 spiro atoms. The fourth-order valence-electron chi connectivity index (χ4n) is 4.44. The number of amides is 1. The van der Waals surface area contributed by atoms with E-state index >= 15 is 0 Å². The number of carbonyl (C=O) groups excluding carboxylic acids is 3. The Balaban J connectivity index is 1.95. The molecule has 0 aromatic heterocycles. The normalized spacial score (nSPS) is 20.5. The molecule has 0 bridgehead atoms. The van der Waals surface area contributed by atoms with E-state index in [1.807, 2.05) is 43.3 Å². The van der Waals surface area contributed by atoms with Gasteiger partial charge < -0.3 is 9.84 Å². The molecule has 2 aromatic carbocycles. The highest BCUT2D eigenvalue weighted by molar-refractivity contribution is 6.35. The highest BCUT2D eigenvalue weighted by atomic mass is 16.5. The van der Waals surface area contributed by atoms with E-state index in [2.05, 4.69) is 5.43 Å². The second-order valence-electron chi connectivity index (χ2n) is 9.93. The van der Waals surface area contributed by atoms with Crippen LogP contribution in [0.15, 0.2) is 60.7 Å².